The van der Waals surface area contributed by atoms with Gasteiger partial charge in [0.25, 0.3) is 0 Å². The summed E-state index contributed by atoms with van der Waals surface area (Å²) >= 11 is 0. The fraction of sp³-hybridized carbons (Fsp3) is 0.161. The van der Waals surface area contributed by atoms with Crippen LogP contribution < -0.4 is 9.47 Å². The van der Waals surface area contributed by atoms with Crippen LogP contribution in [-0.2, 0) is 0 Å². The molecule has 0 unspecified atom stereocenters. The summed E-state index contributed by atoms with van der Waals surface area (Å²) < 4.78 is 12.7. The summed E-state index contributed by atoms with van der Waals surface area (Å²) in [6.45, 7) is 9.45. The average molecular weight is 435 g/mol. The van der Waals surface area contributed by atoms with Crippen molar-refractivity contribution < 1.29 is 9.47 Å². The van der Waals surface area contributed by atoms with Gasteiger partial charge in [-0.05, 0) is 30.0 Å². The number of ether oxygens (including phenoxy) is 2. The van der Waals surface area contributed by atoms with E-state index in [1.165, 1.54) is 0 Å². The topological polar surface area (TPSA) is 18.5 Å². The molecule has 0 N–H and O–H groups in total. The highest BCUT2D eigenvalue weighted by molar-refractivity contribution is 6.03. The van der Waals surface area contributed by atoms with E-state index in [2.05, 4.69) is 86.3 Å². The van der Waals surface area contributed by atoms with Crippen molar-refractivity contribution in [1.82, 2.24) is 0 Å². The van der Waals surface area contributed by atoms with E-state index in [9.17, 15) is 0 Å². The van der Waals surface area contributed by atoms with Crippen molar-refractivity contribution in [2.75, 3.05) is 13.2 Å². The largest absolute Gasteiger partial charge is 0.489 e. The Kier molecular flexibility index (Phi) is 7.26. The molecular weight excluding hydrogens is 404 g/mol. The van der Waals surface area contributed by atoms with Gasteiger partial charge in [-0.3, -0.25) is 0 Å². The molecule has 33 heavy (non-hydrogen) atoms. The SMILES string of the molecule is C=Cc1c(OCC)c(OCCC)c(-c2ccccc2)c(-c2ccccc2)c1-c1ccccc1. The number of rotatable bonds is 9. The highest BCUT2D eigenvalue weighted by atomic mass is 16.5. The van der Waals surface area contributed by atoms with Crippen LogP contribution >= 0.6 is 0 Å². The molecule has 0 fully saturated rings. The molecule has 4 aromatic rings. The van der Waals surface area contributed by atoms with Gasteiger partial charge in [-0.15, -0.1) is 0 Å². The Bertz CT molecular complexity index is 1200. The van der Waals surface area contributed by atoms with Crippen LogP contribution in [0.5, 0.6) is 11.5 Å². The van der Waals surface area contributed by atoms with Gasteiger partial charge in [-0.25, -0.2) is 0 Å². The Labute approximate surface area is 197 Å². The molecule has 0 aliphatic rings. The third kappa shape index (κ3) is 4.56. The van der Waals surface area contributed by atoms with Gasteiger partial charge >= 0.3 is 0 Å². The third-order valence-electron chi connectivity index (χ3n) is 5.58. The predicted molar refractivity (Wildman–Crippen MR) is 140 cm³/mol. The zero-order valence-corrected chi connectivity index (χ0v) is 19.4. The van der Waals surface area contributed by atoms with Crippen molar-refractivity contribution in [1.29, 1.82) is 0 Å². The van der Waals surface area contributed by atoms with Gasteiger partial charge in [0, 0.05) is 22.3 Å². The first-order chi connectivity index (χ1) is 16.3. The van der Waals surface area contributed by atoms with Crippen molar-refractivity contribution in [3.05, 3.63) is 103 Å². The molecule has 2 nitrogen and oxygen atoms in total. The number of hydrogen-bond donors (Lipinski definition) is 0. The first-order valence-corrected chi connectivity index (χ1v) is 11.6. The first-order valence-electron chi connectivity index (χ1n) is 11.6. The van der Waals surface area contributed by atoms with Crippen molar-refractivity contribution in [2.24, 2.45) is 0 Å². The van der Waals surface area contributed by atoms with E-state index < -0.39 is 0 Å². The van der Waals surface area contributed by atoms with E-state index in [-0.39, 0.29) is 0 Å². The average Bonchev–Trinajstić information content (AvgIpc) is 2.88. The van der Waals surface area contributed by atoms with E-state index >= 15 is 0 Å². The van der Waals surface area contributed by atoms with Crippen LogP contribution in [0.4, 0.5) is 0 Å². The molecule has 0 heterocycles. The lowest BCUT2D eigenvalue weighted by Crippen LogP contribution is -2.06. The van der Waals surface area contributed by atoms with Gasteiger partial charge in [-0.1, -0.05) is 111 Å². The monoisotopic (exact) mass is 434 g/mol. The predicted octanol–water partition coefficient (Wildman–Crippen LogP) is 8.52. The first kappa shape index (κ1) is 22.4. The standard InChI is InChI=1S/C31H30O2/c1-4-22-33-31-29(25-20-14-9-15-21-25)28(24-18-12-8-13-19-24)27(23-16-10-7-11-17-23)26(5-2)30(31)32-6-3/h5,7-21H,2,4,6,22H2,1,3H3. The van der Waals surface area contributed by atoms with Gasteiger partial charge in [0.2, 0.25) is 0 Å². The maximum atomic E-state index is 6.45. The molecule has 0 atom stereocenters. The van der Waals surface area contributed by atoms with Crippen molar-refractivity contribution >= 4 is 6.08 Å². The summed E-state index contributed by atoms with van der Waals surface area (Å²) in [5.41, 5.74) is 7.56. The molecular formula is C31H30O2. The van der Waals surface area contributed by atoms with Crippen LogP contribution in [0.25, 0.3) is 39.5 Å². The highest BCUT2D eigenvalue weighted by Gasteiger charge is 2.27. The Balaban J connectivity index is 2.23. The van der Waals surface area contributed by atoms with Gasteiger partial charge in [0.1, 0.15) is 0 Å². The number of hydrogen-bond acceptors (Lipinski definition) is 2. The Morgan fingerprint density at radius 3 is 1.55 bits per heavy atom. The molecule has 2 heteroatoms. The Morgan fingerprint density at radius 1 is 0.606 bits per heavy atom. The zero-order valence-electron chi connectivity index (χ0n) is 19.4. The maximum Gasteiger partial charge on any atom is 0.170 e. The number of benzene rings is 4. The molecule has 166 valence electrons. The maximum absolute atomic E-state index is 6.45. The fourth-order valence-corrected chi connectivity index (χ4v) is 4.23. The Morgan fingerprint density at radius 2 is 1.09 bits per heavy atom. The van der Waals surface area contributed by atoms with Crippen molar-refractivity contribution in [2.45, 2.75) is 20.3 Å². The molecule has 0 aliphatic heterocycles. The van der Waals surface area contributed by atoms with E-state index in [0.717, 1.165) is 56.9 Å². The van der Waals surface area contributed by atoms with Crippen molar-refractivity contribution in [3.63, 3.8) is 0 Å². The quantitative estimate of drug-likeness (QED) is 0.263. The van der Waals surface area contributed by atoms with E-state index in [4.69, 9.17) is 9.47 Å². The van der Waals surface area contributed by atoms with Gasteiger partial charge in [0.05, 0.1) is 13.2 Å². The second-order valence-corrected chi connectivity index (χ2v) is 7.78. The molecule has 4 rings (SSSR count). The molecule has 0 saturated carbocycles. The summed E-state index contributed by atoms with van der Waals surface area (Å²) in [6, 6.07) is 31.4. The smallest absolute Gasteiger partial charge is 0.170 e. The molecule has 0 radical (unpaired) electrons. The second kappa shape index (κ2) is 10.7. The van der Waals surface area contributed by atoms with Crippen LogP contribution in [0.1, 0.15) is 25.8 Å². The minimum Gasteiger partial charge on any atom is -0.489 e. The molecule has 0 bridgehead atoms. The van der Waals surface area contributed by atoms with Gasteiger partial charge in [-0.2, -0.15) is 0 Å². The minimum absolute atomic E-state index is 0.538. The lowest BCUT2D eigenvalue weighted by molar-refractivity contribution is 0.278. The van der Waals surface area contributed by atoms with Gasteiger partial charge < -0.3 is 9.47 Å². The van der Waals surface area contributed by atoms with Crippen LogP contribution in [0.15, 0.2) is 97.6 Å². The summed E-state index contributed by atoms with van der Waals surface area (Å²) in [4.78, 5) is 0. The lowest BCUT2D eigenvalue weighted by atomic mass is 9.83. The molecule has 0 aliphatic carbocycles. The third-order valence-corrected chi connectivity index (χ3v) is 5.58. The Hall–Kier alpha value is -3.78. The van der Waals surface area contributed by atoms with E-state index in [0.29, 0.717) is 13.2 Å². The zero-order chi connectivity index (χ0) is 23.0. The van der Waals surface area contributed by atoms with Crippen LogP contribution in [0.3, 0.4) is 0 Å². The summed E-state index contributed by atoms with van der Waals surface area (Å²) in [5, 5.41) is 0. The minimum atomic E-state index is 0.538. The summed E-state index contributed by atoms with van der Waals surface area (Å²) in [7, 11) is 0. The lowest BCUT2D eigenvalue weighted by Gasteiger charge is -2.26. The van der Waals surface area contributed by atoms with Crippen LogP contribution in [0.2, 0.25) is 0 Å². The molecule has 0 aromatic heterocycles. The molecule has 4 aromatic carbocycles. The molecule has 0 saturated heterocycles. The van der Waals surface area contributed by atoms with Crippen LogP contribution in [-0.4, -0.2) is 13.2 Å². The fourth-order valence-electron chi connectivity index (χ4n) is 4.23. The van der Waals surface area contributed by atoms with Gasteiger partial charge in [0.15, 0.2) is 11.5 Å². The summed E-state index contributed by atoms with van der Waals surface area (Å²) in [5.74, 6) is 1.52. The van der Waals surface area contributed by atoms with Crippen LogP contribution in [0, 0.1) is 0 Å². The van der Waals surface area contributed by atoms with Crippen molar-refractivity contribution in [3.8, 4) is 44.9 Å². The van der Waals surface area contributed by atoms with E-state index in [1.807, 2.05) is 31.2 Å². The van der Waals surface area contributed by atoms with E-state index in [1.54, 1.807) is 0 Å². The summed E-state index contributed by atoms with van der Waals surface area (Å²) in [6.07, 6.45) is 2.80. The normalized spacial score (nSPS) is 10.6. The second-order valence-electron chi connectivity index (χ2n) is 7.78. The highest BCUT2D eigenvalue weighted by Crippen LogP contribution is 2.53. The molecule has 0 amide bonds. The molecule has 0 spiro atoms.